The molecule has 0 spiro atoms. The van der Waals surface area contributed by atoms with E-state index >= 15 is 0 Å². The van der Waals surface area contributed by atoms with Crippen LogP contribution < -0.4 is 0 Å². The van der Waals surface area contributed by atoms with Gasteiger partial charge in [-0.3, -0.25) is 4.21 Å². The molecule has 0 fully saturated rings. The van der Waals surface area contributed by atoms with E-state index in [9.17, 15) is 0 Å². The molecule has 0 saturated heterocycles. The summed E-state index contributed by atoms with van der Waals surface area (Å²) in [4.78, 5) is 0. The predicted molar refractivity (Wildman–Crippen MR) is 42.6 cm³/mol. The monoisotopic (exact) mass is 172 g/mol. The quantitative estimate of drug-likeness (QED) is 0.625. The number of hydrogen-bond acceptors (Lipinski definition) is 3. The average molecular weight is 172 g/mol. The summed E-state index contributed by atoms with van der Waals surface area (Å²) in [5, 5.41) is 15.1. The van der Waals surface area contributed by atoms with Crippen LogP contribution in [0.25, 0.3) is 11.1 Å². The van der Waals surface area contributed by atoms with Crippen LogP contribution in [0.15, 0.2) is 24.3 Å². The van der Waals surface area contributed by atoms with Gasteiger partial charge in [0.1, 0.15) is 0 Å². The first-order valence-electron chi connectivity index (χ1n) is 2.98. The zero-order valence-corrected chi connectivity index (χ0v) is 6.32. The smallest absolute Gasteiger partial charge is 0.401 e. The first-order valence-corrected chi connectivity index (χ1v) is 3.29. The fourth-order valence-electron chi connectivity index (χ4n) is 0.663. The van der Waals surface area contributed by atoms with Crippen LogP contribution in [0, 0.1) is 0 Å². The highest BCUT2D eigenvalue weighted by atomic mass is 35.5. The Bertz CT molecular complexity index is 203. The molecule has 0 radical (unpaired) electrons. The fourth-order valence-corrected chi connectivity index (χ4v) is 0.663. The van der Waals surface area contributed by atoms with Crippen LogP contribution in [0.5, 0.6) is 0 Å². The predicted octanol–water partition coefficient (Wildman–Crippen LogP) is 0.793. The molecule has 0 aromatic heterocycles. The standard InChI is InChI=1S/C6H4.BClH2O3/c1-2-6-4-3-5(1)6;2-5-1(3)4/h1-4H;3-4H. The maximum Gasteiger partial charge on any atom is 0.650 e. The molecule has 11 heavy (non-hydrogen) atoms. The summed E-state index contributed by atoms with van der Waals surface area (Å²) in [6.45, 7) is 0. The van der Waals surface area contributed by atoms with Crippen LogP contribution in [0.1, 0.15) is 0 Å². The molecule has 2 aliphatic carbocycles. The molecule has 0 saturated carbocycles. The van der Waals surface area contributed by atoms with E-state index in [1.807, 2.05) is 0 Å². The first kappa shape index (κ1) is 8.55. The van der Waals surface area contributed by atoms with E-state index in [1.165, 1.54) is 11.1 Å². The average Bonchev–Trinajstić information content (AvgIpc) is 1.98. The van der Waals surface area contributed by atoms with Crippen molar-refractivity contribution in [3.8, 4) is 11.1 Å². The van der Waals surface area contributed by atoms with Crippen LogP contribution in [-0.4, -0.2) is 17.4 Å². The van der Waals surface area contributed by atoms with Crippen molar-refractivity contribution in [2.24, 2.45) is 0 Å². The van der Waals surface area contributed by atoms with Gasteiger partial charge in [-0.25, -0.2) is 0 Å². The molecule has 0 heterocycles. The lowest BCUT2D eigenvalue weighted by molar-refractivity contribution is 0.300. The number of hydrogen-bond donors (Lipinski definition) is 2. The van der Waals surface area contributed by atoms with Crippen LogP contribution in [0.2, 0.25) is 0 Å². The maximum atomic E-state index is 7.56. The van der Waals surface area contributed by atoms with Gasteiger partial charge in [-0.15, -0.1) is 0 Å². The SMILES string of the molecule is OB(O)OCl.c1cc2ccc1-2. The van der Waals surface area contributed by atoms with Crippen molar-refractivity contribution in [3.63, 3.8) is 0 Å². The van der Waals surface area contributed by atoms with Gasteiger partial charge in [0.25, 0.3) is 0 Å². The van der Waals surface area contributed by atoms with Gasteiger partial charge in [-0.1, -0.05) is 24.3 Å². The molecule has 2 rings (SSSR count). The minimum absolute atomic E-state index is 1.43. The molecule has 0 atom stereocenters. The molecule has 0 aliphatic heterocycles. The summed E-state index contributed by atoms with van der Waals surface area (Å²) >= 11 is 4.34. The van der Waals surface area contributed by atoms with Crippen molar-refractivity contribution in [3.05, 3.63) is 24.3 Å². The zero-order chi connectivity index (χ0) is 8.27. The first-order chi connectivity index (χ1) is 5.24. The highest BCUT2D eigenvalue weighted by Crippen LogP contribution is 2.29. The van der Waals surface area contributed by atoms with Crippen LogP contribution >= 0.6 is 11.9 Å². The minimum Gasteiger partial charge on any atom is -0.401 e. The van der Waals surface area contributed by atoms with E-state index in [-0.39, 0.29) is 0 Å². The lowest BCUT2D eigenvalue weighted by atomic mass is 9.95. The third-order valence-electron chi connectivity index (χ3n) is 1.30. The molecular formula is C6H6BClO3. The Labute approximate surface area is 69.5 Å². The van der Waals surface area contributed by atoms with Crippen LogP contribution in [0.3, 0.4) is 0 Å². The van der Waals surface area contributed by atoms with Crippen molar-refractivity contribution < 1.29 is 14.3 Å². The molecule has 2 N–H and O–H groups in total. The minimum atomic E-state index is -1.85. The lowest BCUT2D eigenvalue weighted by Gasteiger charge is -2.10. The van der Waals surface area contributed by atoms with Gasteiger partial charge in [0.15, 0.2) is 0 Å². The molecule has 0 unspecified atom stereocenters. The van der Waals surface area contributed by atoms with E-state index < -0.39 is 7.32 Å². The van der Waals surface area contributed by atoms with E-state index in [0.29, 0.717) is 0 Å². The molecule has 2 aliphatic rings. The van der Waals surface area contributed by atoms with Gasteiger partial charge >= 0.3 is 7.32 Å². The molecule has 3 nitrogen and oxygen atoms in total. The van der Waals surface area contributed by atoms with Gasteiger partial charge in [0.05, 0.1) is 0 Å². The van der Waals surface area contributed by atoms with Crippen molar-refractivity contribution in [2.75, 3.05) is 0 Å². The molecule has 0 bridgehead atoms. The molecule has 0 amide bonds. The summed E-state index contributed by atoms with van der Waals surface area (Å²) in [5.74, 6) is 0. The summed E-state index contributed by atoms with van der Waals surface area (Å²) in [5.41, 5.74) is 2.85. The topological polar surface area (TPSA) is 49.7 Å². The van der Waals surface area contributed by atoms with Crippen LogP contribution in [-0.2, 0) is 4.21 Å². The summed E-state index contributed by atoms with van der Waals surface area (Å²) in [6, 6.07) is 8.48. The number of fused-ring (bicyclic) bond motifs is 1. The largest absolute Gasteiger partial charge is 0.650 e. The van der Waals surface area contributed by atoms with Gasteiger partial charge < -0.3 is 10.0 Å². The second-order valence-electron chi connectivity index (χ2n) is 1.99. The normalized spacial score (nSPS) is 9.73. The van der Waals surface area contributed by atoms with Crippen molar-refractivity contribution in [1.29, 1.82) is 0 Å². The Morgan fingerprint density at radius 2 is 1.36 bits per heavy atom. The molecule has 0 aromatic rings. The van der Waals surface area contributed by atoms with Crippen molar-refractivity contribution in [1.82, 2.24) is 0 Å². The Kier molecular flexibility index (Phi) is 2.90. The second kappa shape index (κ2) is 3.73. The third kappa shape index (κ3) is 2.20. The molecule has 0 aromatic carbocycles. The highest BCUT2D eigenvalue weighted by Gasteiger charge is 2.04. The van der Waals surface area contributed by atoms with Gasteiger partial charge in [0.2, 0.25) is 0 Å². The maximum absolute atomic E-state index is 7.56. The van der Waals surface area contributed by atoms with Gasteiger partial charge in [-0.2, -0.15) is 0 Å². The Hall–Kier alpha value is -0.545. The second-order valence-corrected chi connectivity index (χ2v) is 2.17. The van der Waals surface area contributed by atoms with E-state index in [2.05, 4.69) is 40.3 Å². The number of halogens is 1. The summed E-state index contributed by atoms with van der Waals surface area (Å²) in [7, 11) is -1.85. The highest BCUT2D eigenvalue weighted by molar-refractivity contribution is 6.40. The lowest BCUT2D eigenvalue weighted by Crippen LogP contribution is -2.09. The molecule has 5 heteroatoms. The fraction of sp³-hybridized carbons (Fsp3) is 0. The molecule has 58 valence electrons. The number of rotatable bonds is 1. The third-order valence-corrected chi connectivity index (χ3v) is 1.46. The van der Waals surface area contributed by atoms with Crippen molar-refractivity contribution >= 4 is 19.2 Å². The van der Waals surface area contributed by atoms with Gasteiger partial charge in [0, 0.05) is 11.9 Å². The number of benzene rings is 1. The van der Waals surface area contributed by atoms with E-state index in [0.717, 1.165) is 0 Å². The molecular weight excluding hydrogens is 166 g/mol. The summed E-state index contributed by atoms with van der Waals surface area (Å²) in [6.07, 6.45) is 0. The zero-order valence-electron chi connectivity index (χ0n) is 5.57. The summed E-state index contributed by atoms with van der Waals surface area (Å²) < 4.78 is 3.33. The van der Waals surface area contributed by atoms with E-state index in [1.54, 1.807) is 0 Å². The van der Waals surface area contributed by atoms with Gasteiger partial charge in [-0.05, 0) is 11.1 Å². The Balaban J connectivity index is 0.000000114. The Morgan fingerprint density at radius 3 is 1.36 bits per heavy atom. The van der Waals surface area contributed by atoms with Crippen LogP contribution in [0.4, 0.5) is 0 Å². The Morgan fingerprint density at radius 1 is 1.09 bits per heavy atom. The van der Waals surface area contributed by atoms with E-state index in [4.69, 9.17) is 10.0 Å². The van der Waals surface area contributed by atoms with Crippen molar-refractivity contribution in [2.45, 2.75) is 0 Å².